The third-order valence-corrected chi connectivity index (χ3v) is 3.88. The fourth-order valence-electron chi connectivity index (χ4n) is 2.78. The van der Waals surface area contributed by atoms with Crippen molar-refractivity contribution in [2.24, 2.45) is 0 Å². The summed E-state index contributed by atoms with van der Waals surface area (Å²) in [4.78, 5) is 40.0. The van der Waals surface area contributed by atoms with Crippen LogP contribution in [0.1, 0.15) is 12.5 Å². The average Bonchev–Trinajstić information content (AvgIpc) is 3.05. The highest BCUT2D eigenvalue weighted by atomic mass is 16.2. The second-order valence-corrected chi connectivity index (χ2v) is 5.44. The fourth-order valence-corrected chi connectivity index (χ4v) is 2.78. The van der Waals surface area contributed by atoms with Gasteiger partial charge in [-0.3, -0.25) is 14.5 Å². The molecule has 2 aromatic rings. The van der Waals surface area contributed by atoms with E-state index in [9.17, 15) is 14.4 Å². The lowest BCUT2D eigenvalue weighted by molar-refractivity contribution is -0.132. The predicted octanol–water partition coefficient (Wildman–Crippen LogP) is 0.767. The molecule has 1 unspecified atom stereocenters. The maximum atomic E-state index is 12.4. The number of para-hydroxylation sites is 1. The number of amides is 4. The van der Waals surface area contributed by atoms with Crippen molar-refractivity contribution in [1.29, 1.82) is 0 Å². The Kier molecular flexibility index (Phi) is 4.01. The third kappa shape index (κ3) is 2.90. The summed E-state index contributed by atoms with van der Waals surface area (Å²) in [6.45, 7) is 1.99. The molecule has 1 aliphatic heterocycles. The van der Waals surface area contributed by atoms with Gasteiger partial charge in [0.2, 0.25) is 5.91 Å². The number of hydrogen-bond acceptors (Lipinski definition) is 3. The quantitative estimate of drug-likeness (QED) is 0.711. The number of fused-ring (bicyclic) bond motifs is 1. The molecule has 120 valence electrons. The number of likely N-dealkylation sites (N-methyl/N-ethyl adjacent to an activating group) is 1. The van der Waals surface area contributed by atoms with Crippen molar-refractivity contribution in [3.8, 4) is 0 Å². The van der Waals surface area contributed by atoms with Crippen LogP contribution in [0.4, 0.5) is 4.79 Å². The van der Waals surface area contributed by atoms with Crippen LogP contribution in [0.2, 0.25) is 0 Å². The molecule has 0 spiro atoms. The van der Waals surface area contributed by atoms with Crippen LogP contribution in [-0.4, -0.2) is 46.9 Å². The van der Waals surface area contributed by atoms with E-state index >= 15 is 0 Å². The van der Waals surface area contributed by atoms with E-state index in [-0.39, 0.29) is 18.4 Å². The lowest BCUT2D eigenvalue weighted by Crippen LogP contribution is -2.41. The molecule has 0 saturated carbocycles. The largest absolute Gasteiger partial charge is 0.361 e. The van der Waals surface area contributed by atoms with E-state index in [4.69, 9.17) is 0 Å². The van der Waals surface area contributed by atoms with Gasteiger partial charge in [-0.25, -0.2) is 4.79 Å². The molecule has 4 amide bonds. The van der Waals surface area contributed by atoms with Crippen molar-refractivity contribution in [2.75, 3.05) is 13.1 Å². The molecule has 7 heteroatoms. The summed E-state index contributed by atoms with van der Waals surface area (Å²) in [7, 11) is 0. The highest BCUT2D eigenvalue weighted by molar-refractivity contribution is 6.06. The van der Waals surface area contributed by atoms with Crippen LogP contribution >= 0.6 is 0 Å². The minimum Gasteiger partial charge on any atom is -0.361 e. The lowest BCUT2D eigenvalue weighted by atomic mass is 10.1. The topological polar surface area (TPSA) is 94.3 Å². The van der Waals surface area contributed by atoms with Gasteiger partial charge >= 0.3 is 6.03 Å². The van der Waals surface area contributed by atoms with Gasteiger partial charge in [-0.2, -0.15) is 0 Å². The summed E-state index contributed by atoms with van der Waals surface area (Å²) < 4.78 is 0. The van der Waals surface area contributed by atoms with Crippen LogP contribution in [0.25, 0.3) is 10.9 Å². The van der Waals surface area contributed by atoms with E-state index in [0.29, 0.717) is 13.0 Å². The van der Waals surface area contributed by atoms with Crippen molar-refractivity contribution in [1.82, 2.24) is 20.5 Å². The van der Waals surface area contributed by atoms with Crippen molar-refractivity contribution in [3.05, 3.63) is 36.0 Å². The first-order chi connectivity index (χ1) is 11.1. The number of nitrogens with zero attached hydrogens (tertiary/aromatic N) is 1. The Labute approximate surface area is 133 Å². The third-order valence-electron chi connectivity index (χ3n) is 3.88. The predicted molar refractivity (Wildman–Crippen MR) is 84.7 cm³/mol. The molecule has 2 heterocycles. The Bertz CT molecular complexity index is 768. The molecule has 1 atom stereocenters. The van der Waals surface area contributed by atoms with E-state index in [1.807, 2.05) is 30.5 Å². The summed E-state index contributed by atoms with van der Waals surface area (Å²) in [5, 5.41) is 6.25. The Balaban J connectivity index is 1.73. The highest BCUT2D eigenvalue weighted by Gasteiger charge is 2.39. The van der Waals surface area contributed by atoms with E-state index < -0.39 is 12.1 Å². The molecule has 1 saturated heterocycles. The summed E-state index contributed by atoms with van der Waals surface area (Å²) in [5.74, 6) is -0.713. The Morgan fingerprint density at radius 2 is 2.09 bits per heavy atom. The maximum absolute atomic E-state index is 12.4. The molecule has 1 aromatic heterocycles. The van der Waals surface area contributed by atoms with Gasteiger partial charge < -0.3 is 15.6 Å². The fraction of sp³-hybridized carbons (Fsp3) is 0.312. The second-order valence-electron chi connectivity index (χ2n) is 5.44. The van der Waals surface area contributed by atoms with Gasteiger partial charge in [0.1, 0.15) is 12.6 Å². The van der Waals surface area contributed by atoms with Crippen LogP contribution in [-0.2, 0) is 16.0 Å². The molecular formula is C16H18N4O3. The maximum Gasteiger partial charge on any atom is 0.325 e. The van der Waals surface area contributed by atoms with E-state index in [1.165, 1.54) is 0 Å². The molecule has 0 bridgehead atoms. The van der Waals surface area contributed by atoms with Crippen LogP contribution in [0, 0.1) is 0 Å². The first-order valence-corrected chi connectivity index (χ1v) is 7.53. The highest BCUT2D eigenvalue weighted by Crippen LogP contribution is 2.21. The van der Waals surface area contributed by atoms with Crippen molar-refractivity contribution < 1.29 is 14.4 Å². The first kappa shape index (κ1) is 15.1. The summed E-state index contributed by atoms with van der Waals surface area (Å²) in [5.41, 5.74) is 1.94. The standard InChI is InChI=1S/C16H18N4O3/c1-2-17-14(21)9-20-15(22)13(19-16(20)23)7-10-8-18-12-6-4-3-5-11(10)12/h3-6,8,13,18H,2,7,9H2,1H3,(H,17,21)(H,19,23). The summed E-state index contributed by atoms with van der Waals surface area (Å²) >= 11 is 0. The molecule has 1 fully saturated rings. The zero-order valence-electron chi connectivity index (χ0n) is 12.8. The molecular weight excluding hydrogens is 296 g/mol. The van der Waals surface area contributed by atoms with Gasteiger partial charge in [-0.05, 0) is 18.6 Å². The SMILES string of the molecule is CCNC(=O)CN1C(=O)NC(Cc2c[nH]c3ccccc23)C1=O. The zero-order valence-corrected chi connectivity index (χ0v) is 12.8. The number of hydrogen-bond donors (Lipinski definition) is 3. The second kappa shape index (κ2) is 6.12. The zero-order chi connectivity index (χ0) is 16.4. The number of benzene rings is 1. The molecule has 1 aromatic carbocycles. The molecule has 3 rings (SSSR count). The number of rotatable bonds is 5. The Morgan fingerprint density at radius 3 is 2.87 bits per heavy atom. The van der Waals surface area contributed by atoms with Gasteiger partial charge in [0.15, 0.2) is 0 Å². The molecule has 0 radical (unpaired) electrons. The van der Waals surface area contributed by atoms with Gasteiger partial charge in [-0.1, -0.05) is 18.2 Å². The normalized spacial score (nSPS) is 17.6. The lowest BCUT2D eigenvalue weighted by Gasteiger charge is -2.12. The first-order valence-electron chi connectivity index (χ1n) is 7.53. The average molecular weight is 314 g/mol. The van der Waals surface area contributed by atoms with E-state index in [0.717, 1.165) is 21.4 Å². The van der Waals surface area contributed by atoms with Crippen molar-refractivity contribution >= 4 is 28.7 Å². The van der Waals surface area contributed by atoms with Crippen molar-refractivity contribution in [3.63, 3.8) is 0 Å². The number of urea groups is 1. The van der Waals surface area contributed by atoms with E-state index in [2.05, 4.69) is 15.6 Å². The van der Waals surface area contributed by atoms with E-state index in [1.54, 1.807) is 6.92 Å². The smallest absolute Gasteiger partial charge is 0.325 e. The molecule has 3 N–H and O–H groups in total. The van der Waals surface area contributed by atoms with Gasteiger partial charge in [0.05, 0.1) is 0 Å². The van der Waals surface area contributed by atoms with Crippen LogP contribution in [0.5, 0.6) is 0 Å². The van der Waals surface area contributed by atoms with Gasteiger partial charge in [0, 0.05) is 30.1 Å². The minimum atomic E-state index is -0.642. The molecule has 0 aliphatic carbocycles. The Hall–Kier alpha value is -2.83. The van der Waals surface area contributed by atoms with Crippen molar-refractivity contribution in [2.45, 2.75) is 19.4 Å². The number of imide groups is 1. The van der Waals surface area contributed by atoms with Crippen LogP contribution in [0.3, 0.4) is 0 Å². The monoisotopic (exact) mass is 314 g/mol. The number of aromatic nitrogens is 1. The van der Waals surface area contributed by atoms with Gasteiger partial charge in [0.25, 0.3) is 5.91 Å². The Morgan fingerprint density at radius 1 is 1.30 bits per heavy atom. The number of H-pyrrole nitrogens is 1. The van der Waals surface area contributed by atoms with Crippen LogP contribution < -0.4 is 10.6 Å². The molecule has 23 heavy (non-hydrogen) atoms. The number of carbonyl (C=O) groups excluding carboxylic acids is 3. The molecule has 1 aliphatic rings. The number of carbonyl (C=O) groups is 3. The summed E-state index contributed by atoms with van der Waals surface area (Å²) in [6.07, 6.45) is 2.23. The number of nitrogens with one attached hydrogen (secondary N) is 3. The summed E-state index contributed by atoms with van der Waals surface area (Å²) in [6, 6.07) is 6.61. The van der Waals surface area contributed by atoms with Gasteiger partial charge in [-0.15, -0.1) is 0 Å². The van der Waals surface area contributed by atoms with Crippen LogP contribution in [0.15, 0.2) is 30.5 Å². The number of aromatic amines is 1. The minimum absolute atomic E-state index is 0.247. The molecule has 7 nitrogen and oxygen atoms in total.